The zero-order valence-corrected chi connectivity index (χ0v) is 19.7. The number of hydrogen-bond donors (Lipinski definition) is 0. The molecule has 0 spiro atoms. The molecule has 0 N–H and O–H groups in total. The van der Waals surface area contributed by atoms with Gasteiger partial charge in [0.15, 0.2) is 24.4 Å². The van der Waals surface area contributed by atoms with Crippen molar-refractivity contribution in [3.05, 3.63) is 41.7 Å². The van der Waals surface area contributed by atoms with E-state index in [4.69, 9.17) is 23.7 Å². The van der Waals surface area contributed by atoms with E-state index in [1.807, 2.05) is 30.3 Å². The minimum Gasteiger partial charge on any atom is -0.463 e. The highest BCUT2D eigenvalue weighted by Crippen LogP contribution is 2.36. The molecule has 2 heterocycles. The monoisotopic (exact) mass is 490 g/mol. The molecular formula is C22H26N4O9. The second-order valence-corrected chi connectivity index (χ2v) is 7.78. The molecule has 0 radical (unpaired) electrons. The van der Waals surface area contributed by atoms with Crippen LogP contribution in [0, 0.1) is 0 Å². The number of aromatic nitrogens is 4. The van der Waals surface area contributed by atoms with E-state index in [0.29, 0.717) is 6.54 Å². The van der Waals surface area contributed by atoms with Crippen molar-refractivity contribution in [2.45, 2.75) is 64.8 Å². The van der Waals surface area contributed by atoms with Crippen molar-refractivity contribution in [3.8, 4) is 0 Å². The summed E-state index contributed by atoms with van der Waals surface area (Å²) >= 11 is 0. The number of benzene rings is 1. The van der Waals surface area contributed by atoms with Crippen molar-refractivity contribution in [3.63, 3.8) is 0 Å². The Morgan fingerprint density at radius 2 is 1.46 bits per heavy atom. The van der Waals surface area contributed by atoms with Gasteiger partial charge in [-0.3, -0.25) is 19.2 Å². The highest BCUT2D eigenvalue weighted by atomic mass is 16.7. The Labute approximate surface area is 200 Å². The van der Waals surface area contributed by atoms with Gasteiger partial charge >= 0.3 is 23.9 Å². The zero-order chi connectivity index (χ0) is 25.5. The molecule has 0 aliphatic carbocycles. The lowest BCUT2D eigenvalue weighted by atomic mass is 9.93. The van der Waals surface area contributed by atoms with Crippen LogP contribution < -0.4 is 0 Å². The molecular weight excluding hydrogens is 464 g/mol. The molecule has 0 amide bonds. The molecule has 1 aliphatic heterocycles. The maximum atomic E-state index is 11.9. The summed E-state index contributed by atoms with van der Waals surface area (Å²) in [7, 11) is 0. The van der Waals surface area contributed by atoms with Crippen molar-refractivity contribution >= 4 is 23.9 Å². The predicted molar refractivity (Wildman–Crippen MR) is 114 cm³/mol. The number of nitrogens with zero attached hydrogens (tertiary/aromatic N) is 4. The summed E-state index contributed by atoms with van der Waals surface area (Å²) in [4.78, 5) is 48.4. The second kappa shape index (κ2) is 11.5. The largest absolute Gasteiger partial charge is 0.463 e. The minimum absolute atomic E-state index is 0.0263. The van der Waals surface area contributed by atoms with Gasteiger partial charge in [-0.25, -0.2) is 0 Å². The first kappa shape index (κ1) is 25.7. The average molecular weight is 490 g/mol. The van der Waals surface area contributed by atoms with Gasteiger partial charge in [-0.15, -0.1) is 10.2 Å². The normalized spacial score (nSPS) is 23.7. The van der Waals surface area contributed by atoms with E-state index < -0.39 is 54.4 Å². The predicted octanol–water partition coefficient (Wildman–Crippen LogP) is 0.519. The first-order chi connectivity index (χ1) is 16.6. The van der Waals surface area contributed by atoms with Crippen molar-refractivity contribution in [1.82, 2.24) is 20.2 Å². The van der Waals surface area contributed by atoms with Crippen LogP contribution in [0.3, 0.4) is 0 Å². The van der Waals surface area contributed by atoms with Crippen LogP contribution >= 0.6 is 0 Å². The Balaban J connectivity index is 1.98. The van der Waals surface area contributed by atoms with Crippen molar-refractivity contribution in [1.29, 1.82) is 0 Å². The van der Waals surface area contributed by atoms with E-state index in [0.717, 1.165) is 26.3 Å². The van der Waals surface area contributed by atoms with Crippen LogP contribution in [0.25, 0.3) is 0 Å². The number of esters is 4. The Bertz CT molecular complexity index is 1060. The van der Waals surface area contributed by atoms with Gasteiger partial charge < -0.3 is 23.7 Å². The third-order valence-electron chi connectivity index (χ3n) is 4.88. The minimum atomic E-state index is -1.30. The smallest absolute Gasteiger partial charge is 0.303 e. The highest BCUT2D eigenvalue weighted by Gasteiger charge is 2.53. The maximum absolute atomic E-state index is 11.9. The summed E-state index contributed by atoms with van der Waals surface area (Å²) < 4.78 is 27.3. The SMILES string of the molecule is CC(=O)OC[C@H]1O[C@@H](c2nnn(Cc3ccccc3)n2)[C@@H](OC(C)=O)[C@@H](OC(C)=O)[C@@H]1OC(C)=O. The van der Waals surface area contributed by atoms with Gasteiger partial charge in [0.05, 0.1) is 6.54 Å². The van der Waals surface area contributed by atoms with Crippen molar-refractivity contribution in [2.24, 2.45) is 0 Å². The fourth-order valence-corrected chi connectivity index (χ4v) is 3.62. The standard InChI is InChI=1S/C22H26N4O9/c1-12(27)31-11-17-18(32-13(2)28)19(33-14(3)29)20(34-15(4)30)21(35-17)22-23-25-26(24-22)10-16-8-6-5-7-9-16/h5-9,17-21H,10-11H2,1-4H3/t17-,18-,19+,20+,21-/m1/s1. The van der Waals surface area contributed by atoms with E-state index in [1.54, 1.807) is 0 Å². The van der Waals surface area contributed by atoms with Gasteiger partial charge in [0.1, 0.15) is 12.7 Å². The van der Waals surface area contributed by atoms with Crippen LogP contribution in [0.1, 0.15) is 45.2 Å². The number of carbonyl (C=O) groups is 4. The van der Waals surface area contributed by atoms with Crippen LogP contribution in [0.15, 0.2) is 30.3 Å². The molecule has 1 aromatic heterocycles. The molecule has 1 aromatic carbocycles. The summed E-state index contributed by atoms with van der Waals surface area (Å²) in [6, 6.07) is 9.38. The third kappa shape index (κ3) is 7.06. The van der Waals surface area contributed by atoms with E-state index in [9.17, 15) is 19.2 Å². The molecule has 1 aliphatic rings. The van der Waals surface area contributed by atoms with Crippen molar-refractivity contribution < 1.29 is 42.9 Å². The van der Waals surface area contributed by atoms with Gasteiger partial charge in [0, 0.05) is 27.7 Å². The zero-order valence-electron chi connectivity index (χ0n) is 19.7. The quantitative estimate of drug-likeness (QED) is 0.374. The molecule has 0 bridgehead atoms. The number of carbonyl (C=O) groups excluding carboxylic acids is 4. The molecule has 3 rings (SSSR count). The average Bonchev–Trinajstić information content (AvgIpc) is 3.23. The lowest BCUT2D eigenvalue weighted by Gasteiger charge is -2.43. The third-order valence-corrected chi connectivity index (χ3v) is 4.88. The molecule has 35 heavy (non-hydrogen) atoms. The van der Waals surface area contributed by atoms with Crippen LogP contribution in [-0.4, -0.2) is 75.1 Å². The lowest BCUT2D eigenvalue weighted by molar-refractivity contribution is -0.255. The van der Waals surface area contributed by atoms with E-state index in [-0.39, 0.29) is 12.4 Å². The van der Waals surface area contributed by atoms with E-state index in [2.05, 4.69) is 15.4 Å². The fraction of sp³-hybridized carbons (Fsp3) is 0.500. The van der Waals surface area contributed by atoms with Crippen LogP contribution in [0.4, 0.5) is 0 Å². The highest BCUT2D eigenvalue weighted by molar-refractivity contribution is 5.68. The summed E-state index contributed by atoms with van der Waals surface area (Å²) in [5, 5.41) is 12.4. The summed E-state index contributed by atoms with van der Waals surface area (Å²) in [5.41, 5.74) is 0.915. The molecule has 0 saturated carbocycles. The fourth-order valence-electron chi connectivity index (χ4n) is 3.62. The molecule has 188 valence electrons. The molecule has 13 heteroatoms. The Morgan fingerprint density at radius 3 is 2.06 bits per heavy atom. The molecule has 13 nitrogen and oxygen atoms in total. The van der Waals surface area contributed by atoms with Crippen LogP contribution in [-0.2, 0) is 49.4 Å². The van der Waals surface area contributed by atoms with Gasteiger partial charge in [-0.2, -0.15) is 4.80 Å². The second-order valence-electron chi connectivity index (χ2n) is 7.78. The molecule has 1 saturated heterocycles. The summed E-state index contributed by atoms with van der Waals surface area (Å²) in [6.45, 7) is 4.62. The van der Waals surface area contributed by atoms with Gasteiger partial charge in [0.25, 0.3) is 0 Å². The van der Waals surface area contributed by atoms with Crippen molar-refractivity contribution in [2.75, 3.05) is 6.61 Å². The summed E-state index contributed by atoms with van der Waals surface area (Å²) in [6.07, 6.45) is -6.12. The number of rotatable bonds is 8. The lowest BCUT2D eigenvalue weighted by Crippen LogP contribution is -2.59. The maximum Gasteiger partial charge on any atom is 0.303 e. The van der Waals surface area contributed by atoms with Gasteiger partial charge in [-0.1, -0.05) is 30.3 Å². The van der Waals surface area contributed by atoms with E-state index in [1.165, 1.54) is 11.7 Å². The summed E-state index contributed by atoms with van der Waals surface area (Å²) in [5.74, 6) is -2.73. The van der Waals surface area contributed by atoms with Crippen LogP contribution in [0.2, 0.25) is 0 Å². The van der Waals surface area contributed by atoms with Gasteiger partial charge in [0.2, 0.25) is 5.82 Å². The number of ether oxygens (including phenoxy) is 5. The molecule has 1 fully saturated rings. The van der Waals surface area contributed by atoms with Crippen LogP contribution in [0.5, 0.6) is 0 Å². The Kier molecular flexibility index (Phi) is 8.47. The molecule has 0 unspecified atom stereocenters. The van der Waals surface area contributed by atoms with E-state index >= 15 is 0 Å². The molecule has 2 aromatic rings. The Morgan fingerprint density at radius 1 is 0.857 bits per heavy atom. The van der Waals surface area contributed by atoms with Gasteiger partial charge in [-0.05, 0) is 10.8 Å². The number of hydrogen-bond acceptors (Lipinski definition) is 12. The first-order valence-electron chi connectivity index (χ1n) is 10.8. The number of tetrazole rings is 1. The first-order valence-corrected chi connectivity index (χ1v) is 10.8. The molecule has 5 atom stereocenters. The topological polar surface area (TPSA) is 158 Å². The Hall–Kier alpha value is -3.87.